The fourth-order valence-corrected chi connectivity index (χ4v) is 2.85. The number of carbonyl (C=O) groups is 2. The third kappa shape index (κ3) is 5.90. The number of esters is 2. The molecule has 0 aliphatic heterocycles. The zero-order valence-corrected chi connectivity index (χ0v) is 16.2. The van der Waals surface area contributed by atoms with Crippen LogP contribution in [0.2, 0.25) is 5.02 Å². The van der Waals surface area contributed by atoms with Crippen molar-refractivity contribution in [1.82, 2.24) is 0 Å². The van der Waals surface area contributed by atoms with E-state index in [1.807, 2.05) is 42.5 Å². The molecule has 0 atom stereocenters. The lowest BCUT2D eigenvalue weighted by Gasteiger charge is -2.08. The Hall–Kier alpha value is -3.18. The smallest absolute Gasteiger partial charge is 0.311 e. The number of carbonyl (C=O) groups excluding carboxylic acids is 2. The summed E-state index contributed by atoms with van der Waals surface area (Å²) in [6, 6.07) is 21.0. The Labute approximate surface area is 172 Å². The third-order valence-electron chi connectivity index (χ3n) is 4.09. The van der Waals surface area contributed by atoms with Crippen molar-refractivity contribution < 1.29 is 23.5 Å². The normalized spacial score (nSPS) is 10.4. The molecule has 0 N–H and O–H groups in total. The Kier molecular flexibility index (Phi) is 6.98. The highest BCUT2D eigenvalue weighted by atomic mass is 35.5. The largest absolute Gasteiger partial charge is 0.427 e. The standard InChI is InChI=1S/C23H18ClFO4/c24-19-8-4-9-20(25)23(19)29-22(27)11-5-10-21(26)28-18-14-12-17(13-15-18)16-6-2-1-3-7-16/h1-4,6-9,12-15H,5,10-11H2. The van der Waals surface area contributed by atoms with Crippen LogP contribution in [-0.4, -0.2) is 11.9 Å². The zero-order valence-electron chi connectivity index (χ0n) is 15.4. The molecule has 6 heteroatoms. The van der Waals surface area contributed by atoms with Gasteiger partial charge in [-0.3, -0.25) is 9.59 Å². The van der Waals surface area contributed by atoms with Crippen molar-refractivity contribution in [2.45, 2.75) is 19.3 Å². The first kappa shape index (κ1) is 20.6. The van der Waals surface area contributed by atoms with Gasteiger partial charge in [0.25, 0.3) is 0 Å². The topological polar surface area (TPSA) is 52.6 Å². The minimum atomic E-state index is -0.718. The minimum Gasteiger partial charge on any atom is -0.427 e. The van der Waals surface area contributed by atoms with E-state index in [1.54, 1.807) is 12.1 Å². The maximum Gasteiger partial charge on any atom is 0.311 e. The number of para-hydroxylation sites is 1. The van der Waals surface area contributed by atoms with Crippen molar-refractivity contribution >= 4 is 23.5 Å². The molecule has 29 heavy (non-hydrogen) atoms. The lowest BCUT2D eigenvalue weighted by Crippen LogP contribution is -2.12. The number of hydrogen-bond acceptors (Lipinski definition) is 4. The molecule has 0 bridgehead atoms. The Balaban J connectivity index is 1.44. The molecule has 0 aliphatic rings. The maximum atomic E-state index is 13.6. The van der Waals surface area contributed by atoms with E-state index in [0.29, 0.717) is 5.75 Å². The van der Waals surface area contributed by atoms with Crippen LogP contribution in [0.25, 0.3) is 11.1 Å². The van der Waals surface area contributed by atoms with Crippen molar-refractivity contribution in [2.75, 3.05) is 0 Å². The summed E-state index contributed by atoms with van der Waals surface area (Å²) in [5.74, 6) is -1.73. The highest BCUT2D eigenvalue weighted by Gasteiger charge is 2.14. The van der Waals surface area contributed by atoms with Gasteiger partial charge in [0.2, 0.25) is 0 Å². The van der Waals surface area contributed by atoms with E-state index in [-0.39, 0.29) is 30.0 Å². The Morgan fingerprint density at radius 1 is 0.759 bits per heavy atom. The quantitative estimate of drug-likeness (QED) is 0.362. The molecule has 0 aromatic heterocycles. The van der Waals surface area contributed by atoms with Gasteiger partial charge < -0.3 is 9.47 Å². The van der Waals surface area contributed by atoms with Crippen LogP contribution in [0.5, 0.6) is 11.5 Å². The second kappa shape index (κ2) is 9.85. The van der Waals surface area contributed by atoms with E-state index in [4.69, 9.17) is 21.1 Å². The Morgan fingerprint density at radius 3 is 2.03 bits per heavy atom. The van der Waals surface area contributed by atoms with Crippen molar-refractivity contribution in [3.05, 3.63) is 83.6 Å². The Morgan fingerprint density at radius 2 is 1.38 bits per heavy atom. The number of rotatable bonds is 7. The van der Waals surface area contributed by atoms with Crippen LogP contribution in [0.3, 0.4) is 0 Å². The third-order valence-corrected chi connectivity index (χ3v) is 4.39. The summed E-state index contributed by atoms with van der Waals surface area (Å²) >= 11 is 5.81. The average molecular weight is 413 g/mol. The van der Waals surface area contributed by atoms with Gasteiger partial charge >= 0.3 is 11.9 Å². The first-order chi connectivity index (χ1) is 14.0. The molecule has 4 nitrogen and oxygen atoms in total. The van der Waals surface area contributed by atoms with E-state index >= 15 is 0 Å². The average Bonchev–Trinajstić information content (AvgIpc) is 2.72. The van der Waals surface area contributed by atoms with Gasteiger partial charge in [-0.25, -0.2) is 4.39 Å². The van der Waals surface area contributed by atoms with Crippen LogP contribution in [0.4, 0.5) is 4.39 Å². The van der Waals surface area contributed by atoms with Gasteiger partial charge in [-0.05, 0) is 41.8 Å². The summed E-state index contributed by atoms with van der Waals surface area (Å²) in [5.41, 5.74) is 2.08. The number of benzene rings is 3. The number of halogens is 2. The molecule has 3 aromatic carbocycles. The molecule has 0 amide bonds. The molecule has 0 saturated carbocycles. The van der Waals surface area contributed by atoms with Crippen molar-refractivity contribution in [2.24, 2.45) is 0 Å². The lowest BCUT2D eigenvalue weighted by molar-refractivity contribution is -0.136. The predicted octanol–water partition coefficient (Wildman–Crippen LogP) is 5.83. The molecule has 0 aliphatic carbocycles. The van der Waals surface area contributed by atoms with Crippen molar-refractivity contribution in [1.29, 1.82) is 0 Å². The zero-order chi connectivity index (χ0) is 20.6. The summed E-state index contributed by atoms with van der Waals surface area (Å²) < 4.78 is 23.8. The molecule has 3 aromatic rings. The summed E-state index contributed by atoms with van der Waals surface area (Å²) in [7, 11) is 0. The lowest BCUT2D eigenvalue weighted by atomic mass is 10.1. The molecule has 0 heterocycles. The van der Waals surface area contributed by atoms with Gasteiger partial charge in [-0.15, -0.1) is 0 Å². The van der Waals surface area contributed by atoms with Crippen LogP contribution < -0.4 is 9.47 Å². The van der Waals surface area contributed by atoms with Crippen molar-refractivity contribution in [3.63, 3.8) is 0 Å². The predicted molar refractivity (Wildman–Crippen MR) is 108 cm³/mol. The Bertz CT molecular complexity index is 967. The van der Waals surface area contributed by atoms with Gasteiger partial charge in [0.05, 0.1) is 5.02 Å². The molecule has 0 radical (unpaired) electrons. The summed E-state index contributed by atoms with van der Waals surface area (Å²) in [6.45, 7) is 0. The van der Waals surface area contributed by atoms with Gasteiger partial charge in [0.1, 0.15) is 5.75 Å². The van der Waals surface area contributed by atoms with Gasteiger partial charge in [0.15, 0.2) is 11.6 Å². The number of hydrogen-bond donors (Lipinski definition) is 0. The number of ether oxygens (including phenoxy) is 2. The van der Waals surface area contributed by atoms with Crippen LogP contribution >= 0.6 is 11.6 Å². The molecule has 0 fully saturated rings. The van der Waals surface area contributed by atoms with E-state index < -0.39 is 17.8 Å². The maximum absolute atomic E-state index is 13.6. The molecular formula is C23H18ClFO4. The van der Waals surface area contributed by atoms with E-state index in [1.165, 1.54) is 12.1 Å². The minimum absolute atomic E-state index is 0.0108. The molecule has 0 spiro atoms. The van der Waals surface area contributed by atoms with Gasteiger partial charge in [0, 0.05) is 12.8 Å². The van der Waals surface area contributed by atoms with E-state index in [9.17, 15) is 14.0 Å². The van der Waals surface area contributed by atoms with Gasteiger partial charge in [-0.1, -0.05) is 60.1 Å². The SMILES string of the molecule is O=C(CCCC(=O)Oc1c(F)cccc1Cl)Oc1ccc(-c2ccccc2)cc1. The van der Waals surface area contributed by atoms with E-state index in [0.717, 1.165) is 17.2 Å². The second-order valence-electron chi connectivity index (χ2n) is 6.24. The molecule has 3 rings (SSSR count). The molecular weight excluding hydrogens is 395 g/mol. The molecule has 0 saturated heterocycles. The first-order valence-corrected chi connectivity index (χ1v) is 9.41. The summed E-state index contributed by atoms with van der Waals surface area (Å²) in [6.07, 6.45) is 0.180. The van der Waals surface area contributed by atoms with Crippen LogP contribution in [-0.2, 0) is 9.59 Å². The van der Waals surface area contributed by atoms with Gasteiger partial charge in [-0.2, -0.15) is 0 Å². The highest BCUT2D eigenvalue weighted by molar-refractivity contribution is 6.32. The van der Waals surface area contributed by atoms with E-state index in [2.05, 4.69) is 0 Å². The highest BCUT2D eigenvalue weighted by Crippen LogP contribution is 2.27. The van der Waals surface area contributed by atoms with Crippen molar-refractivity contribution in [3.8, 4) is 22.6 Å². The van der Waals surface area contributed by atoms with Crippen LogP contribution in [0.15, 0.2) is 72.8 Å². The fraction of sp³-hybridized carbons (Fsp3) is 0.130. The fourth-order valence-electron chi connectivity index (χ4n) is 2.65. The van der Waals surface area contributed by atoms with Crippen LogP contribution in [0, 0.1) is 5.82 Å². The second-order valence-corrected chi connectivity index (χ2v) is 6.65. The monoisotopic (exact) mass is 412 g/mol. The van der Waals surface area contributed by atoms with Crippen LogP contribution in [0.1, 0.15) is 19.3 Å². The molecule has 0 unspecified atom stereocenters. The molecule has 148 valence electrons. The summed E-state index contributed by atoms with van der Waals surface area (Å²) in [5, 5.41) is 0.0108. The first-order valence-electron chi connectivity index (χ1n) is 9.04. The summed E-state index contributed by atoms with van der Waals surface area (Å²) in [4.78, 5) is 23.8.